The Bertz CT molecular complexity index is 960. The van der Waals surface area contributed by atoms with Crippen LogP contribution in [0.5, 0.6) is 0 Å². The Morgan fingerprint density at radius 1 is 1.00 bits per heavy atom. The Balaban J connectivity index is 1.60. The standard InChI is InChI=1S/C25H30N2O6/c1-15(2)11-16(28)13-26-24(31)22(12-23(29)30)27-25(32)33-14-21-19-9-5-3-7-17(19)18-8-4-6-10-20(18)21/h3-10,15-16,21-22,28H,11-14H2,1-2H3,(H,26,31)(H,27,32)(H,29,30). The zero-order chi connectivity index (χ0) is 24.0. The van der Waals surface area contributed by atoms with Gasteiger partial charge in [-0.3, -0.25) is 9.59 Å². The van der Waals surface area contributed by atoms with E-state index in [1.54, 1.807) is 0 Å². The van der Waals surface area contributed by atoms with Gasteiger partial charge in [-0.05, 0) is 34.6 Å². The van der Waals surface area contributed by atoms with Crippen molar-refractivity contribution in [2.24, 2.45) is 5.92 Å². The molecule has 2 unspecified atom stereocenters. The minimum Gasteiger partial charge on any atom is -0.481 e. The van der Waals surface area contributed by atoms with E-state index >= 15 is 0 Å². The summed E-state index contributed by atoms with van der Waals surface area (Å²) in [6, 6.07) is 14.5. The summed E-state index contributed by atoms with van der Waals surface area (Å²) < 4.78 is 5.41. The van der Waals surface area contributed by atoms with E-state index in [1.807, 2.05) is 62.4 Å². The van der Waals surface area contributed by atoms with Crippen LogP contribution >= 0.6 is 0 Å². The maximum atomic E-state index is 12.4. The molecular formula is C25H30N2O6. The fourth-order valence-electron chi connectivity index (χ4n) is 4.14. The number of nitrogens with one attached hydrogen (secondary N) is 2. The number of ether oxygens (including phenoxy) is 1. The number of rotatable bonds is 10. The first-order valence-corrected chi connectivity index (χ1v) is 11.0. The maximum absolute atomic E-state index is 12.4. The SMILES string of the molecule is CC(C)CC(O)CNC(=O)C(CC(=O)O)NC(=O)OCC1c2ccccc2-c2ccccc21. The van der Waals surface area contributed by atoms with E-state index in [-0.39, 0.29) is 25.0 Å². The number of fused-ring (bicyclic) bond motifs is 3. The van der Waals surface area contributed by atoms with E-state index in [2.05, 4.69) is 10.6 Å². The lowest BCUT2D eigenvalue weighted by Crippen LogP contribution is -2.49. The number of benzene rings is 2. The summed E-state index contributed by atoms with van der Waals surface area (Å²) in [5, 5.41) is 23.9. The van der Waals surface area contributed by atoms with Gasteiger partial charge in [-0.25, -0.2) is 4.79 Å². The first-order valence-electron chi connectivity index (χ1n) is 11.0. The number of amides is 2. The van der Waals surface area contributed by atoms with E-state index < -0.39 is 36.5 Å². The van der Waals surface area contributed by atoms with Crippen LogP contribution in [0.1, 0.15) is 43.7 Å². The van der Waals surface area contributed by atoms with Crippen LogP contribution in [0, 0.1) is 5.92 Å². The highest BCUT2D eigenvalue weighted by Crippen LogP contribution is 2.44. The third kappa shape index (κ3) is 6.32. The fraction of sp³-hybridized carbons (Fsp3) is 0.400. The summed E-state index contributed by atoms with van der Waals surface area (Å²) >= 11 is 0. The molecule has 2 atom stereocenters. The average Bonchev–Trinajstić information content (AvgIpc) is 3.08. The van der Waals surface area contributed by atoms with Gasteiger partial charge in [-0.15, -0.1) is 0 Å². The average molecular weight is 455 g/mol. The molecule has 0 bridgehead atoms. The number of hydrogen-bond donors (Lipinski definition) is 4. The van der Waals surface area contributed by atoms with Crippen LogP contribution in [0.15, 0.2) is 48.5 Å². The lowest BCUT2D eigenvalue weighted by molar-refractivity contribution is -0.139. The van der Waals surface area contributed by atoms with Crippen LogP contribution < -0.4 is 10.6 Å². The second kappa shape index (κ2) is 11.0. The predicted molar refractivity (Wildman–Crippen MR) is 123 cm³/mol. The molecule has 4 N–H and O–H groups in total. The van der Waals surface area contributed by atoms with E-state index in [0.717, 1.165) is 22.3 Å². The third-order valence-corrected chi connectivity index (χ3v) is 5.59. The van der Waals surface area contributed by atoms with Gasteiger partial charge in [0.15, 0.2) is 0 Å². The van der Waals surface area contributed by atoms with Crippen LogP contribution in [0.25, 0.3) is 11.1 Å². The highest BCUT2D eigenvalue weighted by molar-refractivity contribution is 5.89. The minimum absolute atomic E-state index is 0.0283. The fourth-order valence-corrected chi connectivity index (χ4v) is 4.14. The highest BCUT2D eigenvalue weighted by Gasteiger charge is 2.30. The van der Waals surface area contributed by atoms with Crippen molar-refractivity contribution >= 4 is 18.0 Å². The second-order valence-corrected chi connectivity index (χ2v) is 8.65. The Hall–Kier alpha value is -3.39. The summed E-state index contributed by atoms with van der Waals surface area (Å²) in [4.78, 5) is 36.1. The predicted octanol–water partition coefficient (Wildman–Crippen LogP) is 2.89. The molecule has 33 heavy (non-hydrogen) atoms. The summed E-state index contributed by atoms with van der Waals surface area (Å²) in [6.45, 7) is 3.90. The van der Waals surface area contributed by atoms with Gasteiger partial charge < -0.3 is 25.6 Å². The number of alkyl carbamates (subject to hydrolysis) is 1. The Morgan fingerprint density at radius 3 is 2.12 bits per heavy atom. The lowest BCUT2D eigenvalue weighted by atomic mass is 9.98. The topological polar surface area (TPSA) is 125 Å². The van der Waals surface area contributed by atoms with Gasteiger partial charge in [-0.1, -0.05) is 62.4 Å². The number of carboxylic acids is 1. The van der Waals surface area contributed by atoms with Gasteiger partial charge in [-0.2, -0.15) is 0 Å². The summed E-state index contributed by atoms with van der Waals surface area (Å²) in [5.41, 5.74) is 4.27. The van der Waals surface area contributed by atoms with Crippen molar-refractivity contribution in [3.63, 3.8) is 0 Å². The molecule has 176 valence electrons. The molecule has 0 aromatic heterocycles. The minimum atomic E-state index is -1.32. The molecule has 8 heteroatoms. The number of hydrogen-bond acceptors (Lipinski definition) is 5. The second-order valence-electron chi connectivity index (χ2n) is 8.65. The van der Waals surface area contributed by atoms with E-state index in [0.29, 0.717) is 6.42 Å². The van der Waals surface area contributed by atoms with Crippen LogP contribution in [0.2, 0.25) is 0 Å². The van der Waals surface area contributed by atoms with Gasteiger partial charge in [0.25, 0.3) is 0 Å². The van der Waals surface area contributed by atoms with Crippen molar-refractivity contribution in [2.45, 2.75) is 44.8 Å². The highest BCUT2D eigenvalue weighted by atomic mass is 16.5. The van der Waals surface area contributed by atoms with Gasteiger partial charge in [0.1, 0.15) is 12.6 Å². The van der Waals surface area contributed by atoms with Gasteiger partial charge >= 0.3 is 12.1 Å². The molecule has 0 spiro atoms. The van der Waals surface area contributed by atoms with Crippen molar-refractivity contribution < 1.29 is 29.3 Å². The molecule has 8 nitrogen and oxygen atoms in total. The van der Waals surface area contributed by atoms with Crippen LogP contribution in [-0.2, 0) is 14.3 Å². The molecule has 3 rings (SSSR count). The summed E-state index contributed by atoms with van der Waals surface area (Å²) in [5.74, 6) is -1.84. The molecule has 0 heterocycles. The Labute approximate surface area is 193 Å². The third-order valence-electron chi connectivity index (χ3n) is 5.59. The number of aliphatic hydroxyl groups is 1. The number of aliphatic carboxylic acids is 1. The summed E-state index contributed by atoms with van der Waals surface area (Å²) in [7, 11) is 0. The number of aliphatic hydroxyl groups excluding tert-OH is 1. The van der Waals surface area contributed by atoms with E-state index in [1.165, 1.54) is 0 Å². The smallest absolute Gasteiger partial charge is 0.407 e. The molecule has 2 aromatic carbocycles. The molecule has 1 aliphatic carbocycles. The zero-order valence-corrected chi connectivity index (χ0v) is 18.8. The van der Waals surface area contributed by atoms with Crippen LogP contribution in [0.4, 0.5) is 4.79 Å². The maximum Gasteiger partial charge on any atom is 0.407 e. The quantitative estimate of drug-likeness (QED) is 0.438. The lowest BCUT2D eigenvalue weighted by Gasteiger charge is -2.20. The first kappa shape index (κ1) is 24.3. The Kier molecular flexibility index (Phi) is 8.06. The van der Waals surface area contributed by atoms with Gasteiger partial charge in [0.2, 0.25) is 5.91 Å². The van der Waals surface area contributed by atoms with Gasteiger partial charge in [0.05, 0.1) is 12.5 Å². The number of carbonyl (C=O) groups excluding carboxylic acids is 2. The number of carbonyl (C=O) groups is 3. The first-order chi connectivity index (χ1) is 15.8. The molecule has 0 saturated heterocycles. The molecule has 0 radical (unpaired) electrons. The van der Waals surface area contributed by atoms with Crippen molar-refractivity contribution in [2.75, 3.05) is 13.2 Å². The largest absolute Gasteiger partial charge is 0.481 e. The van der Waals surface area contributed by atoms with Crippen molar-refractivity contribution in [1.29, 1.82) is 0 Å². The van der Waals surface area contributed by atoms with Crippen LogP contribution in [-0.4, -0.2) is 53.5 Å². The van der Waals surface area contributed by atoms with Crippen molar-refractivity contribution in [1.82, 2.24) is 10.6 Å². The molecule has 0 aliphatic heterocycles. The summed E-state index contributed by atoms with van der Waals surface area (Å²) in [6.07, 6.45) is -1.74. The molecule has 2 amide bonds. The normalized spacial score (nSPS) is 14.2. The number of carboxylic acid groups (broad SMARTS) is 1. The molecule has 0 saturated carbocycles. The monoisotopic (exact) mass is 454 g/mol. The van der Waals surface area contributed by atoms with Gasteiger partial charge in [0, 0.05) is 12.5 Å². The molecular weight excluding hydrogens is 424 g/mol. The molecule has 0 fully saturated rings. The Morgan fingerprint density at radius 2 is 1.58 bits per heavy atom. The van der Waals surface area contributed by atoms with Crippen molar-refractivity contribution in [3.8, 4) is 11.1 Å². The van der Waals surface area contributed by atoms with E-state index in [4.69, 9.17) is 9.84 Å². The molecule has 1 aliphatic rings. The van der Waals surface area contributed by atoms with Crippen molar-refractivity contribution in [3.05, 3.63) is 59.7 Å². The van der Waals surface area contributed by atoms with E-state index in [9.17, 15) is 19.5 Å². The van der Waals surface area contributed by atoms with Crippen LogP contribution in [0.3, 0.4) is 0 Å². The zero-order valence-electron chi connectivity index (χ0n) is 18.8. The molecule has 2 aromatic rings.